The second-order valence-corrected chi connectivity index (χ2v) is 6.29. The molecule has 19 heavy (non-hydrogen) atoms. The lowest BCUT2D eigenvalue weighted by Crippen LogP contribution is -2.58. The maximum atomic E-state index is 12.7. The largest absolute Gasteiger partial charge is 0.336 e. The molecule has 1 fully saturated rings. The maximum absolute atomic E-state index is 12.7. The lowest BCUT2D eigenvalue weighted by Gasteiger charge is -2.39. The number of hydrogen-bond acceptors (Lipinski definition) is 2. The first kappa shape index (κ1) is 14.1. The molecular weight excluding hydrogens is 236 g/mol. The van der Waals surface area contributed by atoms with Crippen LogP contribution < -0.4 is 5.32 Å². The number of carbonyl (C=O) groups is 1. The Bertz CT molecular complexity index is 506. The molecule has 104 valence electrons. The van der Waals surface area contributed by atoms with Crippen molar-refractivity contribution in [2.75, 3.05) is 19.6 Å². The molecule has 0 radical (unpaired) electrons. The summed E-state index contributed by atoms with van der Waals surface area (Å²) in [7, 11) is 0. The molecular formula is C16H24N2O. The normalized spacial score (nSPS) is 18.5. The average Bonchev–Trinajstić information content (AvgIpc) is 2.31. The van der Waals surface area contributed by atoms with Crippen molar-refractivity contribution in [3.63, 3.8) is 0 Å². The summed E-state index contributed by atoms with van der Waals surface area (Å²) in [6.45, 7) is 12.9. The molecule has 3 nitrogen and oxygen atoms in total. The Labute approximate surface area is 116 Å². The van der Waals surface area contributed by atoms with Crippen molar-refractivity contribution < 1.29 is 4.79 Å². The Balaban J connectivity index is 2.27. The highest BCUT2D eigenvalue weighted by Crippen LogP contribution is 2.19. The van der Waals surface area contributed by atoms with E-state index in [1.54, 1.807) is 0 Å². The third-order valence-electron chi connectivity index (χ3n) is 3.93. The smallest absolute Gasteiger partial charge is 0.254 e. The van der Waals surface area contributed by atoms with Gasteiger partial charge >= 0.3 is 0 Å². The van der Waals surface area contributed by atoms with Crippen molar-refractivity contribution in [3.05, 3.63) is 34.4 Å². The summed E-state index contributed by atoms with van der Waals surface area (Å²) in [5.41, 5.74) is 4.35. The molecule has 1 aliphatic rings. The Hall–Kier alpha value is -1.35. The van der Waals surface area contributed by atoms with Gasteiger partial charge in [-0.3, -0.25) is 4.79 Å². The molecule has 0 bridgehead atoms. The number of nitrogens with zero attached hydrogens (tertiary/aromatic N) is 1. The number of carbonyl (C=O) groups excluding carboxylic acids is 1. The lowest BCUT2D eigenvalue weighted by molar-refractivity contribution is 0.0651. The minimum atomic E-state index is 0.00154. The lowest BCUT2D eigenvalue weighted by atomic mass is 9.97. The number of rotatable bonds is 1. The molecule has 1 aromatic carbocycles. The van der Waals surface area contributed by atoms with E-state index in [1.807, 2.05) is 17.9 Å². The van der Waals surface area contributed by atoms with Gasteiger partial charge in [-0.1, -0.05) is 6.07 Å². The van der Waals surface area contributed by atoms with Crippen LogP contribution in [0.1, 0.15) is 40.9 Å². The molecule has 0 spiro atoms. The first-order valence-electron chi connectivity index (χ1n) is 6.92. The Kier molecular flexibility index (Phi) is 3.68. The van der Waals surface area contributed by atoms with E-state index in [2.05, 4.69) is 39.1 Å². The topological polar surface area (TPSA) is 32.3 Å². The van der Waals surface area contributed by atoms with Crippen LogP contribution in [0.3, 0.4) is 0 Å². The van der Waals surface area contributed by atoms with Crippen molar-refractivity contribution in [3.8, 4) is 0 Å². The molecule has 0 saturated carbocycles. The molecule has 0 atom stereocenters. The summed E-state index contributed by atoms with van der Waals surface area (Å²) in [6.07, 6.45) is 0. The predicted molar refractivity (Wildman–Crippen MR) is 78.6 cm³/mol. The standard InChI is InChI=1S/C16H24N2O/c1-11-8-13(3)14(9-12(11)2)15(19)18-7-6-17-16(4,5)10-18/h8-9,17H,6-7,10H2,1-5H3. The quantitative estimate of drug-likeness (QED) is 0.841. The predicted octanol–water partition coefficient (Wildman–Crippen LogP) is 2.44. The van der Waals surface area contributed by atoms with Crippen molar-refractivity contribution >= 4 is 5.91 Å². The number of nitrogens with one attached hydrogen (secondary N) is 1. The minimum Gasteiger partial charge on any atom is -0.336 e. The van der Waals surface area contributed by atoms with E-state index in [0.717, 1.165) is 30.8 Å². The molecule has 0 aromatic heterocycles. The van der Waals surface area contributed by atoms with Crippen LogP contribution in [0.4, 0.5) is 0 Å². The third kappa shape index (κ3) is 2.98. The third-order valence-corrected chi connectivity index (χ3v) is 3.93. The van der Waals surface area contributed by atoms with Crippen LogP contribution in [0.15, 0.2) is 12.1 Å². The monoisotopic (exact) mass is 260 g/mol. The van der Waals surface area contributed by atoms with Gasteiger partial charge in [-0.2, -0.15) is 0 Å². The van der Waals surface area contributed by atoms with E-state index in [4.69, 9.17) is 0 Å². The first-order chi connectivity index (χ1) is 8.80. The second-order valence-electron chi connectivity index (χ2n) is 6.29. The summed E-state index contributed by atoms with van der Waals surface area (Å²) in [5.74, 6) is 0.162. The van der Waals surface area contributed by atoms with Crippen molar-refractivity contribution in [2.24, 2.45) is 0 Å². The van der Waals surface area contributed by atoms with Crippen LogP contribution in [0.5, 0.6) is 0 Å². The van der Waals surface area contributed by atoms with Gasteiger partial charge in [0.25, 0.3) is 5.91 Å². The van der Waals surface area contributed by atoms with Gasteiger partial charge < -0.3 is 10.2 Å². The molecule has 0 aliphatic carbocycles. The van der Waals surface area contributed by atoms with E-state index in [1.165, 1.54) is 11.1 Å². The van der Waals surface area contributed by atoms with E-state index in [-0.39, 0.29) is 11.4 Å². The molecule has 1 aliphatic heterocycles. The van der Waals surface area contributed by atoms with Crippen LogP contribution in [-0.4, -0.2) is 36.0 Å². The fourth-order valence-corrected chi connectivity index (χ4v) is 2.68. The molecule has 1 amide bonds. The summed E-state index contributed by atoms with van der Waals surface area (Å²) >= 11 is 0. The fourth-order valence-electron chi connectivity index (χ4n) is 2.68. The Morgan fingerprint density at radius 3 is 2.42 bits per heavy atom. The molecule has 1 saturated heterocycles. The van der Waals surface area contributed by atoms with Gasteiger partial charge in [-0.05, 0) is 57.4 Å². The Morgan fingerprint density at radius 1 is 1.16 bits per heavy atom. The SMILES string of the molecule is Cc1cc(C)c(C(=O)N2CCNC(C)(C)C2)cc1C. The number of aryl methyl sites for hydroxylation is 3. The van der Waals surface area contributed by atoms with Crippen LogP contribution in [0.2, 0.25) is 0 Å². The zero-order valence-corrected chi connectivity index (χ0v) is 12.6. The summed E-state index contributed by atoms with van der Waals surface area (Å²) in [6, 6.07) is 4.14. The number of piperazine rings is 1. The molecule has 0 unspecified atom stereocenters. The second kappa shape index (κ2) is 4.97. The molecule has 2 rings (SSSR count). The Morgan fingerprint density at radius 2 is 1.79 bits per heavy atom. The van der Waals surface area contributed by atoms with Crippen LogP contribution in [-0.2, 0) is 0 Å². The molecule has 1 N–H and O–H groups in total. The molecule has 1 aromatic rings. The van der Waals surface area contributed by atoms with E-state index >= 15 is 0 Å². The highest BCUT2D eigenvalue weighted by Gasteiger charge is 2.29. The van der Waals surface area contributed by atoms with Gasteiger partial charge in [0.2, 0.25) is 0 Å². The van der Waals surface area contributed by atoms with Gasteiger partial charge in [-0.25, -0.2) is 0 Å². The molecule has 1 heterocycles. The zero-order valence-electron chi connectivity index (χ0n) is 12.6. The average molecular weight is 260 g/mol. The number of amides is 1. The first-order valence-corrected chi connectivity index (χ1v) is 6.92. The summed E-state index contributed by atoms with van der Waals surface area (Å²) < 4.78 is 0. The van der Waals surface area contributed by atoms with E-state index in [0.29, 0.717) is 0 Å². The fraction of sp³-hybridized carbons (Fsp3) is 0.562. The van der Waals surface area contributed by atoms with Gasteiger partial charge in [0.1, 0.15) is 0 Å². The highest BCUT2D eigenvalue weighted by atomic mass is 16.2. The van der Waals surface area contributed by atoms with Gasteiger partial charge in [0.05, 0.1) is 0 Å². The van der Waals surface area contributed by atoms with Gasteiger partial charge in [-0.15, -0.1) is 0 Å². The summed E-state index contributed by atoms with van der Waals surface area (Å²) in [4.78, 5) is 14.6. The van der Waals surface area contributed by atoms with Crippen molar-refractivity contribution in [2.45, 2.75) is 40.2 Å². The number of benzene rings is 1. The summed E-state index contributed by atoms with van der Waals surface area (Å²) in [5, 5.41) is 3.44. The van der Waals surface area contributed by atoms with Crippen molar-refractivity contribution in [1.82, 2.24) is 10.2 Å². The minimum absolute atomic E-state index is 0.00154. The number of hydrogen-bond donors (Lipinski definition) is 1. The maximum Gasteiger partial charge on any atom is 0.254 e. The van der Waals surface area contributed by atoms with Crippen LogP contribution in [0.25, 0.3) is 0 Å². The highest BCUT2D eigenvalue weighted by molar-refractivity contribution is 5.96. The molecule has 3 heteroatoms. The van der Waals surface area contributed by atoms with Gasteiger partial charge in [0, 0.05) is 30.7 Å². The van der Waals surface area contributed by atoms with Crippen LogP contribution in [0, 0.1) is 20.8 Å². The van der Waals surface area contributed by atoms with E-state index in [9.17, 15) is 4.79 Å². The van der Waals surface area contributed by atoms with Crippen molar-refractivity contribution in [1.29, 1.82) is 0 Å². The van der Waals surface area contributed by atoms with E-state index < -0.39 is 0 Å². The van der Waals surface area contributed by atoms with Gasteiger partial charge in [0.15, 0.2) is 0 Å². The zero-order chi connectivity index (χ0) is 14.2. The van der Waals surface area contributed by atoms with Crippen LogP contribution >= 0.6 is 0 Å².